The SMILES string of the molecule is Cc1c(NC(=O)C(c2ccc(-c3cncc(Cl)c3)cc2)C2CCCC2)cccc1OC(C=O)C1CC1. The van der Waals surface area contributed by atoms with E-state index in [9.17, 15) is 9.59 Å². The first-order valence-corrected chi connectivity index (χ1v) is 13.1. The zero-order valence-corrected chi connectivity index (χ0v) is 21.2. The van der Waals surface area contributed by atoms with E-state index in [0.29, 0.717) is 22.6 Å². The van der Waals surface area contributed by atoms with Crippen molar-refractivity contribution in [2.24, 2.45) is 11.8 Å². The fourth-order valence-electron chi connectivity index (χ4n) is 5.28. The first kappa shape index (κ1) is 24.5. The number of amides is 1. The highest BCUT2D eigenvalue weighted by Crippen LogP contribution is 2.40. The number of aromatic nitrogens is 1. The average molecular weight is 503 g/mol. The summed E-state index contributed by atoms with van der Waals surface area (Å²) in [5.74, 6) is 1.01. The molecule has 0 bridgehead atoms. The molecular formula is C30H31ClN2O3. The number of anilines is 1. The number of carbonyl (C=O) groups excluding carboxylic acids is 2. The fourth-order valence-corrected chi connectivity index (χ4v) is 5.45. The van der Waals surface area contributed by atoms with Crippen LogP contribution >= 0.6 is 11.6 Å². The summed E-state index contributed by atoms with van der Waals surface area (Å²) in [4.78, 5) is 29.4. The number of halogens is 1. The predicted octanol–water partition coefficient (Wildman–Crippen LogP) is 6.98. The van der Waals surface area contributed by atoms with Crippen LogP contribution < -0.4 is 10.1 Å². The van der Waals surface area contributed by atoms with Gasteiger partial charge in [-0.2, -0.15) is 0 Å². The Labute approximate surface area is 217 Å². The molecule has 2 fully saturated rings. The zero-order valence-electron chi connectivity index (χ0n) is 20.5. The number of pyridine rings is 1. The van der Waals surface area contributed by atoms with Gasteiger partial charge in [-0.05, 0) is 67.9 Å². The molecule has 2 aliphatic carbocycles. The maximum atomic E-state index is 13.7. The van der Waals surface area contributed by atoms with E-state index in [2.05, 4.69) is 22.4 Å². The highest BCUT2D eigenvalue weighted by Gasteiger charge is 2.34. The molecule has 3 aromatic rings. The topological polar surface area (TPSA) is 68.3 Å². The van der Waals surface area contributed by atoms with E-state index in [1.807, 2.05) is 43.3 Å². The molecule has 36 heavy (non-hydrogen) atoms. The molecule has 2 saturated carbocycles. The zero-order chi connectivity index (χ0) is 25.1. The van der Waals surface area contributed by atoms with Crippen molar-refractivity contribution >= 4 is 29.5 Å². The molecular weight excluding hydrogens is 472 g/mol. The summed E-state index contributed by atoms with van der Waals surface area (Å²) in [6, 6.07) is 15.7. The van der Waals surface area contributed by atoms with Crippen molar-refractivity contribution in [2.75, 3.05) is 5.32 Å². The van der Waals surface area contributed by atoms with Crippen LogP contribution in [-0.4, -0.2) is 23.3 Å². The summed E-state index contributed by atoms with van der Waals surface area (Å²) < 4.78 is 6.02. The maximum absolute atomic E-state index is 13.7. The molecule has 6 heteroatoms. The van der Waals surface area contributed by atoms with Crippen molar-refractivity contribution in [2.45, 2.75) is 57.5 Å². The molecule has 0 radical (unpaired) electrons. The number of rotatable bonds is 9. The Morgan fingerprint density at radius 2 is 1.78 bits per heavy atom. The largest absolute Gasteiger partial charge is 0.482 e. The third-order valence-corrected chi connectivity index (χ3v) is 7.69. The molecule has 1 heterocycles. The number of nitrogens with zero attached hydrogens (tertiary/aromatic N) is 1. The Hall–Kier alpha value is -3.18. The van der Waals surface area contributed by atoms with E-state index in [1.54, 1.807) is 12.4 Å². The molecule has 186 valence electrons. The van der Waals surface area contributed by atoms with Gasteiger partial charge in [0.1, 0.15) is 5.75 Å². The number of hydrogen-bond acceptors (Lipinski definition) is 4. The van der Waals surface area contributed by atoms with Gasteiger partial charge in [0.15, 0.2) is 12.4 Å². The predicted molar refractivity (Wildman–Crippen MR) is 142 cm³/mol. The van der Waals surface area contributed by atoms with E-state index in [0.717, 1.165) is 72.8 Å². The van der Waals surface area contributed by atoms with Gasteiger partial charge >= 0.3 is 0 Å². The highest BCUT2D eigenvalue weighted by atomic mass is 35.5. The molecule has 5 nitrogen and oxygen atoms in total. The third kappa shape index (κ3) is 5.46. The Balaban J connectivity index is 1.37. The number of carbonyl (C=O) groups is 2. The Bertz CT molecular complexity index is 1230. The minimum Gasteiger partial charge on any atom is -0.482 e. The van der Waals surface area contributed by atoms with Crippen LogP contribution in [-0.2, 0) is 9.59 Å². The van der Waals surface area contributed by atoms with Crippen LogP contribution in [0.4, 0.5) is 5.69 Å². The standard InChI is InChI=1S/C30H31ClN2O3/c1-19-26(7-4-8-27(19)36-28(18-34)21-11-12-21)33-30(35)29(22-5-2-3-6-22)23-13-9-20(10-14-23)24-15-25(31)17-32-16-24/h4,7-10,13-18,21-22,28-29H,2-3,5-6,11-12H2,1H3,(H,33,35). The normalized spacial score (nSPS) is 17.4. The number of benzene rings is 2. The van der Waals surface area contributed by atoms with E-state index in [1.165, 1.54) is 0 Å². The fraction of sp³-hybridized carbons (Fsp3) is 0.367. The summed E-state index contributed by atoms with van der Waals surface area (Å²) in [7, 11) is 0. The Kier molecular flexibility index (Phi) is 7.38. The lowest BCUT2D eigenvalue weighted by Gasteiger charge is -2.24. The molecule has 1 amide bonds. The molecule has 1 aromatic heterocycles. The van der Waals surface area contributed by atoms with E-state index in [4.69, 9.17) is 16.3 Å². The second kappa shape index (κ2) is 10.8. The summed E-state index contributed by atoms with van der Waals surface area (Å²) in [5.41, 5.74) is 4.54. The molecule has 2 aliphatic rings. The summed E-state index contributed by atoms with van der Waals surface area (Å²) in [5, 5.41) is 3.78. The first-order chi connectivity index (χ1) is 17.5. The molecule has 0 saturated heterocycles. The van der Waals surface area contributed by atoms with Crippen LogP contribution in [0.15, 0.2) is 60.9 Å². The van der Waals surface area contributed by atoms with Crippen molar-refractivity contribution in [3.8, 4) is 16.9 Å². The van der Waals surface area contributed by atoms with Gasteiger partial charge in [-0.3, -0.25) is 14.6 Å². The quantitative estimate of drug-likeness (QED) is 0.320. The molecule has 5 rings (SSSR count). The van der Waals surface area contributed by atoms with E-state index in [-0.39, 0.29) is 11.8 Å². The van der Waals surface area contributed by atoms with Crippen molar-refractivity contribution < 1.29 is 14.3 Å². The van der Waals surface area contributed by atoms with Crippen LogP contribution in [0.2, 0.25) is 5.02 Å². The van der Waals surface area contributed by atoms with Crippen molar-refractivity contribution in [3.05, 3.63) is 77.1 Å². The number of ether oxygens (including phenoxy) is 1. The van der Waals surface area contributed by atoms with Gasteiger partial charge in [-0.15, -0.1) is 0 Å². The Morgan fingerprint density at radius 3 is 2.44 bits per heavy atom. The van der Waals surface area contributed by atoms with E-state index >= 15 is 0 Å². The molecule has 2 aromatic carbocycles. The van der Waals surface area contributed by atoms with Crippen molar-refractivity contribution in [1.29, 1.82) is 0 Å². The highest BCUT2D eigenvalue weighted by molar-refractivity contribution is 6.30. The minimum absolute atomic E-state index is 0.00606. The van der Waals surface area contributed by atoms with Gasteiger partial charge in [-0.1, -0.05) is 54.8 Å². The van der Waals surface area contributed by atoms with Gasteiger partial charge in [0.25, 0.3) is 0 Å². The van der Waals surface area contributed by atoms with Gasteiger partial charge in [-0.25, -0.2) is 0 Å². The molecule has 2 atom stereocenters. The lowest BCUT2D eigenvalue weighted by atomic mass is 9.83. The van der Waals surface area contributed by atoms with Crippen LogP contribution in [0.25, 0.3) is 11.1 Å². The molecule has 0 spiro atoms. The van der Waals surface area contributed by atoms with Crippen LogP contribution in [0, 0.1) is 18.8 Å². The number of nitrogens with one attached hydrogen (secondary N) is 1. The van der Waals surface area contributed by atoms with Gasteiger partial charge < -0.3 is 10.1 Å². The number of hydrogen-bond donors (Lipinski definition) is 1. The molecule has 2 unspecified atom stereocenters. The lowest BCUT2D eigenvalue weighted by molar-refractivity contribution is -0.118. The molecule has 1 N–H and O–H groups in total. The van der Waals surface area contributed by atoms with Crippen LogP contribution in [0.1, 0.15) is 55.6 Å². The van der Waals surface area contributed by atoms with Crippen molar-refractivity contribution in [3.63, 3.8) is 0 Å². The second-order valence-corrected chi connectivity index (χ2v) is 10.4. The van der Waals surface area contributed by atoms with Gasteiger partial charge in [0.05, 0.1) is 10.9 Å². The van der Waals surface area contributed by atoms with E-state index < -0.39 is 6.10 Å². The molecule has 0 aliphatic heterocycles. The monoisotopic (exact) mass is 502 g/mol. The van der Waals surface area contributed by atoms with Gasteiger partial charge in [0, 0.05) is 35.1 Å². The van der Waals surface area contributed by atoms with Gasteiger partial charge in [0.2, 0.25) is 5.91 Å². The van der Waals surface area contributed by atoms with Crippen molar-refractivity contribution in [1.82, 2.24) is 4.98 Å². The summed E-state index contributed by atoms with van der Waals surface area (Å²) >= 11 is 6.12. The third-order valence-electron chi connectivity index (χ3n) is 7.49. The maximum Gasteiger partial charge on any atom is 0.232 e. The summed E-state index contributed by atoms with van der Waals surface area (Å²) in [6.45, 7) is 1.93. The Morgan fingerprint density at radius 1 is 1.03 bits per heavy atom. The minimum atomic E-state index is -0.422. The number of aldehydes is 1. The van der Waals surface area contributed by atoms with Crippen LogP contribution in [0.3, 0.4) is 0 Å². The lowest BCUT2D eigenvalue weighted by Crippen LogP contribution is -2.27. The summed E-state index contributed by atoms with van der Waals surface area (Å²) in [6.07, 6.45) is 10.3. The van der Waals surface area contributed by atoms with Crippen LogP contribution in [0.5, 0.6) is 5.75 Å². The average Bonchev–Trinajstić information content (AvgIpc) is 3.59. The first-order valence-electron chi connectivity index (χ1n) is 12.8. The second-order valence-electron chi connectivity index (χ2n) is 10.0. The smallest absolute Gasteiger partial charge is 0.232 e.